The summed E-state index contributed by atoms with van der Waals surface area (Å²) in [6, 6.07) is 2.23. The Balaban J connectivity index is 2.41. The van der Waals surface area contributed by atoms with Gasteiger partial charge in [-0.15, -0.1) is 0 Å². The van der Waals surface area contributed by atoms with Gasteiger partial charge in [-0.25, -0.2) is 4.98 Å². The van der Waals surface area contributed by atoms with E-state index in [1.165, 1.54) is 6.07 Å². The number of halogens is 3. The van der Waals surface area contributed by atoms with Crippen LogP contribution in [0.4, 0.5) is 19.0 Å². The molecule has 2 N–H and O–H groups in total. The first-order chi connectivity index (χ1) is 9.32. The molecule has 0 aliphatic heterocycles. The standard InChI is InChI=1S/C13H16F3N3S/c1-2-19(7-8-3-4-8)12-9(11(17)20)5-6-10(18-12)13(14,15)16/h5-6,8H,2-4,7H2,1H3,(H2,17,20). The molecule has 0 amide bonds. The summed E-state index contributed by atoms with van der Waals surface area (Å²) in [5, 5.41) is 0. The van der Waals surface area contributed by atoms with Crippen LogP contribution in [0.2, 0.25) is 0 Å². The van der Waals surface area contributed by atoms with Crippen molar-refractivity contribution in [2.24, 2.45) is 11.7 Å². The van der Waals surface area contributed by atoms with Gasteiger partial charge in [-0.05, 0) is 37.8 Å². The van der Waals surface area contributed by atoms with Gasteiger partial charge in [0.25, 0.3) is 0 Å². The van der Waals surface area contributed by atoms with Gasteiger partial charge in [-0.3, -0.25) is 0 Å². The molecule has 2 rings (SSSR count). The summed E-state index contributed by atoms with van der Waals surface area (Å²) in [4.78, 5) is 5.64. The van der Waals surface area contributed by atoms with Crippen molar-refractivity contribution in [2.75, 3.05) is 18.0 Å². The zero-order valence-electron chi connectivity index (χ0n) is 11.1. The van der Waals surface area contributed by atoms with E-state index < -0.39 is 11.9 Å². The summed E-state index contributed by atoms with van der Waals surface area (Å²) >= 11 is 4.91. The summed E-state index contributed by atoms with van der Waals surface area (Å²) in [5.74, 6) is 0.771. The Kier molecular flexibility index (Phi) is 4.17. The maximum atomic E-state index is 12.8. The molecule has 3 nitrogen and oxygen atoms in total. The molecule has 0 unspecified atom stereocenters. The number of rotatable bonds is 5. The second kappa shape index (κ2) is 5.55. The topological polar surface area (TPSA) is 42.2 Å². The Morgan fingerprint density at radius 2 is 2.10 bits per heavy atom. The van der Waals surface area contributed by atoms with E-state index in [9.17, 15) is 13.2 Å². The number of anilines is 1. The number of aromatic nitrogens is 1. The van der Waals surface area contributed by atoms with Crippen LogP contribution in [0.1, 0.15) is 31.0 Å². The molecule has 0 bridgehead atoms. The van der Waals surface area contributed by atoms with E-state index >= 15 is 0 Å². The Bertz CT molecular complexity index is 512. The number of nitrogens with two attached hydrogens (primary N) is 1. The van der Waals surface area contributed by atoms with Crippen molar-refractivity contribution in [1.29, 1.82) is 0 Å². The molecule has 0 radical (unpaired) electrons. The minimum Gasteiger partial charge on any atom is -0.389 e. The molecule has 1 aromatic rings. The SMILES string of the molecule is CCN(CC1CC1)c1nc(C(F)(F)F)ccc1C(N)=S. The molecule has 0 atom stereocenters. The molecular formula is C13H16F3N3S. The third kappa shape index (κ3) is 3.39. The molecule has 0 saturated heterocycles. The van der Waals surface area contributed by atoms with Gasteiger partial charge >= 0.3 is 6.18 Å². The van der Waals surface area contributed by atoms with Crippen molar-refractivity contribution in [2.45, 2.75) is 25.9 Å². The van der Waals surface area contributed by atoms with Gasteiger partial charge in [-0.1, -0.05) is 12.2 Å². The monoisotopic (exact) mass is 303 g/mol. The van der Waals surface area contributed by atoms with Gasteiger partial charge in [0.2, 0.25) is 0 Å². The van der Waals surface area contributed by atoms with Crippen LogP contribution in [0, 0.1) is 5.92 Å². The lowest BCUT2D eigenvalue weighted by atomic mass is 10.2. The predicted molar refractivity (Wildman–Crippen MR) is 75.7 cm³/mol. The van der Waals surface area contributed by atoms with Crippen LogP contribution < -0.4 is 10.6 Å². The first-order valence-corrected chi connectivity index (χ1v) is 6.86. The quantitative estimate of drug-likeness (QED) is 0.849. The van der Waals surface area contributed by atoms with Crippen LogP contribution in [-0.4, -0.2) is 23.1 Å². The van der Waals surface area contributed by atoms with Crippen LogP contribution in [-0.2, 0) is 6.18 Å². The van der Waals surface area contributed by atoms with Gasteiger partial charge in [0.05, 0.1) is 5.56 Å². The van der Waals surface area contributed by atoms with Crippen molar-refractivity contribution < 1.29 is 13.2 Å². The Morgan fingerprint density at radius 1 is 1.45 bits per heavy atom. The molecule has 1 saturated carbocycles. The molecule has 110 valence electrons. The zero-order valence-corrected chi connectivity index (χ0v) is 11.9. The molecule has 1 aliphatic carbocycles. The average Bonchev–Trinajstić information content (AvgIpc) is 3.18. The molecule has 1 fully saturated rings. The minimum atomic E-state index is -4.47. The maximum Gasteiger partial charge on any atom is 0.433 e. The van der Waals surface area contributed by atoms with Crippen LogP contribution in [0.25, 0.3) is 0 Å². The fourth-order valence-electron chi connectivity index (χ4n) is 2.02. The zero-order chi connectivity index (χ0) is 14.9. The number of hydrogen-bond acceptors (Lipinski definition) is 3. The van der Waals surface area contributed by atoms with E-state index in [0.29, 0.717) is 24.6 Å². The Hall–Kier alpha value is -1.37. The van der Waals surface area contributed by atoms with Gasteiger partial charge in [0.15, 0.2) is 0 Å². The number of alkyl halides is 3. The van der Waals surface area contributed by atoms with Crippen LogP contribution in [0.3, 0.4) is 0 Å². The van der Waals surface area contributed by atoms with E-state index in [-0.39, 0.29) is 10.8 Å². The van der Waals surface area contributed by atoms with E-state index in [1.54, 1.807) is 0 Å². The average molecular weight is 303 g/mol. The van der Waals surface area contributed by atoms with Crippen LogP contribution >= 0.6 is 12.2 Å². The fourth-order valence-corrected chi connectivity index (χ4v) is 2.18. The first-order valence-electron chi connectivity index (χ1n) is 6.46. The lowest BCUT2D eigenvalue weighted by molar-refractivity contribution is -0.141. The van der Waals surface area contributed by atoms with E-state index in [4.69, 9.17) is 18.0 Å². The second-order valence-electron chi connectivity index (χ2n) is 4.91. The smallest absolute Gasteiger partial charge is 0.389 e. The highest BCUT2D eigenvalue weighted by molar-refractivity contribution is 7.80. The largest absolute Gasteiger partial charge is 0.433 e. The third-order valence-corrected chi connectivity index (χ3v) is 3.51. The molecule has 1 aliphatic rings. The molecule has 0 aromatic carbocycles. The van der Waals surface area contributed by atoms with Crippen molar-refractivity contribution in [3.05, 3.63) is 23.4 Å². The second-order valence-corrected chi connectivity index (χ2v) is 5.35. The Morgan fingerprint density at radius 3 is 2.55 bits per heavy atom. The molecule has 7 heteroatoms. The van der Waals surface area contributed by atoms with Crippen molar-refractivity contribution in [3.63, 3.8) is 0 Å². The lowest BCUT2D eigenvalue weighted by Crippen LogP contribution is -2.30. The van der Waals surface area contributed by atoms with Gasteiger partial charge in [0, 0.05) is 13.1 Å². The first kappa shape index (κ1) is 15.0. The number of pyridine rings is 1. The highest BCUT2D eigenvalue weighted by atomic mass is 32.1. The van der Waals surface area contributed by atoms with Gasteiger partial charge in [-0.2, -0.15) is 13.2 Å². The van der Waals surface area contributed by atoms with Crippen LogP contribution in [0.15, 0.2) is 12.1 Å². The van der Waals surface area contributed by atoms with Gasteiger partial charge in [0.1, 0.15) is 16.5 Å². The molecule has 20 heavy (non-hydrogen) atoms. The molecule has 1 heterocycles. The van der Waals surface area contributed by atoms with Gasteiger partial charge < -0.3 is 10.6 Å². The van der Waals surface area contributed by atoms with E-state index in [0.717, 1.165) is 18.9 Å². The summed E-state index contributed by atoms with van der Waals surface area (Å²) in [5.41, 5.74) is 5.08. The highest BCUT2D eigenvalue weighted by Gasteiger charge is 2.34. The summed E-state index contributed by atoms with van der Waals surface area (Å²) in [7, 11) is 0. The highest BCUT2D eigenvalue weighted by Crippen LogP contribution is 2.34. The third-order valence-electron chi connectivity index (χ3n) is 3.29. The number of nitrogens with zero attached hydrogens (tertiary/aromatic N) is 2. The summed E-state index contributed by atoms with van der Waals surface area (Å²) in [6.45, 7) is 3.15. The van der Waals surface area contributed by atoms with E-state index in [2.05, 4.69) is 4.98 Å². The molecular weight excluding hydrogens is 287 g/mol. The summed E-state index contributed by atoms with van der Waals surface area (Å²) < 4.78 is 38.4. The van der Waals surface area contributed by atoms with Crippen molar-refractivity contribution in [3.8, 4) is 0 Å². The minimum absolute atomic E-state index is 0.0653. The van der Waals surface area contributed by atoms with E-state index in [1.807, 2.05) is 11.8 Å². The lowest BCUT2D eigenvalue weighted by Gasteiger charge is -2.25. The number of thiocarbonyl (C=S) groups is 1. The Labute approximate surface area is 121 Å². The van der Waals surface area contributed by atoms with Crippen LogP contribution in [0.5, 0.6) is 0 Å². The molecule has 1 aromatic heterocycles. The summed E-state index contributed by atoms with van der Waals surface area (Å²) in [6.07, 6.45) is -2.25. The predicted octanol–water partition coefficient (Wildman–Crippen LogP) is 2.97. The van der Waals surface area contributed by atoms with Crippen molar-refractivity contribution >= 4 is 23.0 Å². The fraction of sp³-hybridized carbons (Fsp3) is 0.538. The maximum absolute atomic E-state index is 12.8. The van der Waals surface area contributed by atoms with Crippen molar-refractivity contribution in [1.82, 2.24) is 4.98 Å². The number of hydrogen-bond donors (Lipinski definition) is 1. The normalized spacial score (nSPS) is 15.2. The molecule has 0 spiro atoms.